The van der Waals surface area contributed by atoms with E-state index in [0.717, 1.165) is 24.2 Å². The van der Waals surface area contributed by atoms with Gasteiger partial charge in [0.1, 0.15) is 19.0 Å². The van der Waals surface area contributed by atoms with Crippen LogP contribution in [-0.2, 0) is 14.3 Å². The second-order valence-corrected chi connectivity index (χ2v) is 6.95. The molecule has 2 aromatic rings. The number of hydrogen-bond donors (Lipinski definition) is 1. The molecular weight excluding hydrogens is 358 g/mol. The summed E-state index contributed by atoms with van der Waals surface area (Å²) in [6.07, 6.45) is 4.52. The van der Waals surface area contributed by atoms with Crippen LogP contribution in [0.15, 0.2) is 54.9 Å². The highest BCUT2D eigenvalue weighted by atomic mass is 16.5. The number of para-hydroxylation sites is 1. The first kappa shape index (κ1) is 18.4. The maximum absolute atomic E-state index is 12.8. The van der Waals surface area contributed by atoms with Crippen molar-refractivity contribution < 1.29 is 19.1 Å². The molecule has 0 spiro atoms. The lowest BCUT2D eigenvalue weighted by atomic mass is 9.98. The summed E-state index contributed by atoms with van der Waals surface area (Å²) in [5, 5.41) is 2.87. The average Bonchev–Trinajstić information content (AvgIpc) is 3.57. The van der Waals surface area contributed by atoms with E-state index in [4.69, 9.17) is 9.47 Å². The fourth-order valence-corrected chi connectivity index (χ4v) is 3.48. The van der Waals surface area contributed by atoms with Crippen LogP contribution in [0.4, 0.5) is 0 Å². The highest BCUT2D eigenvalue weighted by molar-refractivity contribution is 5.86. The van der Waals surface area contributed by atoms with E-state index in [1.807, 2.05) is 47.4 Å². The predicted octanol–water partition coefficient (Wildman–Crippen LogP) is 1.71. The molecule has 146 valence electrons. The molecule has 1 aliphatic heterocycles. The Kier molecular flexibility index (Phi) is 5.53. The van der Waals surface area contributed by atoms with Crippen LogP contribution in [0.5, 0.6) is 5.75 Å². The van der Waals surface area contributed by atoms with E-state index in [-0.39, 0.29) is 24.5 Å². The molecule has 1 saturated carbocycles. The summed E-state index contributed by atoms with van der Waals surface area (Å²) in [6.45, 7) is 0.627. The Morgan fingerprint density at radius 1 is 1.21 bits per heavy atom. The van der Waals surface area contributed by atoms with E-state index in [2.05, 4.69) is 10.3 Å². The van der Waals surface area contributed by atoms with Crippen LogP contribution in [-0.4, -0.2) is 53.6 Å². The zero-order valence-corrected chi connectivity index (χ0v) is 15.5. The topological polar surface area (TPSA) is 80.8 Å². The molecule has 28 heavy (non-hydrogen) atoms. The molecule has 2 aliphatic rings. The maximum Gasteiger partial charge on any atom is 0.251 e. The first-order valence-corrected chi connectivity index (χ1v) is 9.52. The van der Waals surface area contributed by atoms with Gasteiger partial charge in [0, 0.05) is 18.4 Å². The number of carbonyl (C=O) groups is 2. The second-order valence-electron chi connectivity index (χ2n) is 6.95. The SMILES string of the molecule is O=C(NCCOc1ccccc1)[C@H]1OCC(=O)N(C2CC2)[C@@H]1c1cccnc1. The Balaban J connectivity index is 1.42. The molecule has 2 heterocycles. The minimum absolute atomic E-state index is 0.0761. The molecule has 4 rings (SSSR count). The van der Waals surface area contributed by atoms with Crippen molar-refractivity contribution in [2.24, 2.45) is 0 Å². The van der Waals surface area contributed by atoms with Crippen LogP contribution in [0, 0.1) is 0 Å². The number of nitrogens with one attached hydrogen (secondary N) is 1. The van der Waals surface area contributed by atoms with Gasteiger partial charge in [0.05, 0.1) is 12.6 Å². The Labute approximate surface area is 163 Å². The fraction of sp³-hybridized carbons (Fsp3) is 0.381. The van der Waals surface area contributed by atoms with Gasteiger partial charge >= 0.3 is 0 Å². The molecule has 0 bridgehead atoms. The number of pyridine rings is 1. The van der Waals surface area contributed by atoms with Crippen LogP contribution >= 0.6 is 0 Å². The summed E-state index contributed by atoms with van der Waals surface area (Å²) < 4.78 is 11.3. The molecule has 1 saturated heterocycles. The minimum Gasteiger partial charge on any atom is -0.492 e. The van der Waals surface area contributed by atoms with Gasteiger partial charge in [-0.05, 0) is 36.6 Å². The van der Waals surface area contributed by atoms with Gasteiger partial charge < -0.3 is 19.7 Å². The second kappa shape index (κ2) is 8.39. The lowest BCUT2D eigenvalue weighted by molar-refractivity contribution is -0.165. The summed E-state index contributed by atoms with van der Waals surface area (Å²) in [7, 11) is 0. The maximum atomic E-state index is 12.8. The van der Waals surface area contributed by atoms with Crippen molar-refractivity contribution in [3.8, 4) is 5.75 Å². The van der Waals surface area contributed by atoms with E-state index < -0.39 is 12.1 Å². The molecule has 7 heteroatoms. The number of benzene rings is 1. The van der Waals surface area contributed by atoms with Crippen LogP contribution in [0.2, 0.25) is 0 Å². The molecule has 1 aliphatic carbocycles. The van der Waals surface area contributed by atoms with Gasteiger partial charge in [0.2, 0.25) is 5.91 Å². The number of carbonyl (C=O) groups excluding carboxylic acids is 2. The first-order chi connectivity index (χ1) is 13.7. The predicted molar refractivity (Wildman–Crippen MR) is 102 cm³/mol. The van der Waals surface area contributed by atoms with Gasteiger partial charge in [-0.25, -0.2) is 0 Å². The summed E-state index contributed by atoms with van der Waals surface area (Å²) in [6, 6.07) is 12.8. The lowest BCUT2D eigenvalue weighted by Crippen LogP contribution is -2.55. The van der Waals surface area contributed by atoms with E-state index in [1.165, 1.54) is 0 Å². The zero-order chi connectivity index (χ0) is 19.3. The minimum atomic E-state index is -0.765. The van der Waals surface area contributed by atoms with Crippen LogP contribution < -0.4 is 10.1 Å². The zero-order valence-electron chi connectivity index (χ0n) is 15.5. The Morgan fingerprint density at radius 2 is 2.04 bits per heavy atom. The van der Waals surface area contributed by atoms with Gasteiger partial charge in [-0.1, -0.05) is 24.3 Å². The number of ether oxygens (including phenoxy) is 2. The molecule has 1 N–H and O–H groups in total. The Bertz CT molecular complexity index is 811. The highest BCUT2D eigenvalue weighted by Gasteiger charge is 2.47. The van der Waals surface area contributed by atoms with Gasteiger partial charge in [-0.3, -0.25) is 14.6 Å². The largest absolute Gasteiger partial charge is 0.492 e. The number of aromatic nitrogens is 1. The van der Waals surface area contributed by atoms with Crippen molar-refractivity contribution in [3.63, 3.8) is 0 Å². The average molecular weight is 381 g/mol. The standard InChI is InChI=1S/C21H23N3O4/c25-18-14-28-20(21(26)23-11-12-27-17-6-2-1-3-7-17)19(24(18)16-8-9-16)15-5-4-10-22-13-15/h1-7,10,13,16,19-20H,8-9,11-12,14H2,(H,23,26)/t19-,20+/m1/s1. The van der Waals surface area contributed by atoms with Gasteiger partial charge in [0.15, 0.2) is 6.10 Å². The summed E-state index contributed by atoms with van der Waals surface area (Å²) >= 11 is 0. The first-order valence-electron chi connectivity index (χ1n) is 9.52. The molecule has 2 fully saturated rings. The van der Waals surface area contributed by atoms with Gasteiger partial charge in [0.25, 0.3) is 5.91 Å². The number of hydrogen-bond acceptors (Lipinski definition) is 5. The van der Waals surface area contributed by atoms with E-state index in [0.29, 0.717) is 13.2 Å². The van der Waals surface area contributed by atoms with Gasteiger partial charge in [-0.15, -0.1) is 0 Å². The highest BCUT2D eigenvalue weighted by Crippen LogP contribution is 2.39. The molecular formula is C21H23N3O4. The molecule has 2 amide bonds. The third-order valence-corrected chi connectivity index (χ3v) is 4.90. The lowest BCUT2D eigenvalue weighted by Gasteiger charge is -2.40. The van der Waals surface area contributed by atoms with Crippen LogP contribution in [0.3, 0.4) is 0 Å². The molecule has 1 aromatic heterocycles. The van der Waals surface area contributed by atoms with Crippen molar-refractivity contribution >= 4 is 11.8 Å². The monoisotopic (exact) mass is 381 g/mol. The molecule has 7 nitrogen and oxygen atoms in total. The molecule has 0 radical (unpaired) electrons. The number of nitrogens with zero attached hydrogens (tertiary/aromatic N) is 2. The Morgan fingerprint density at radius 3 is 2.75 bits per heavy atom. The summed E-state index contributed by atoms with van der Waals surface area (Å²) in [4.78, 5) is 31.3. The smallest absolute Gasteiger partial charge is 0.251 e. The third-order valence-electron chi connectivity index (χ3n) is 4.90. The number of rotatable bonds is 7. The number of morpholine rings is 1. The number of amides is 2. The molecule has 1 aromatic carbocycles. The van der Waals surface area contributed by atoms with Crippen molar-refractivity contribution in [2.45, 2.75) is 31.0 Å². The third kappa shape index (κ3) is 4.14. The molecule has 2 atom stereocenters. The van der Waals surface area contributed by atoms with Crippen molar-refractivity contribution in [3.05, 3.63) is 60.4 Å². The van der Waals surface area contributed by atoms with E-state index in [1.54, 1.807) is 12.4 Å². The normalized spacial score (nSPS) is 22.0. The fourth-order valence-electron chi connectivity index (χ4n) is 3.48. The van der Waals surface area contributed by atoms with Crippen molar-refractivity contribution in [1.29, 1.82) is 0 Å². The van der Waals surface area contributed by atoms with Crippen LogP contribution in [0.1, 0.15) is 24.4 Å². The van der Waals surface area contributed by atoms with Crippen molar-refractivity contribution in [2.75, 3.05) is 19.8 Å². The van der Waals surface area contributed by atoms with Crippen molar-refractivity contribution in [1.82, 2.24) is 15.2 Å². The Hall–Kier alpha value is -2.93. The van der Waals surface area contributed by atoms with E-state index >= 15 is 0 Å². The molecule has 0 unspecified atom stereocenters. The van der Waals surface area contributed by atoms with Crippen LogP contribution in [0.25, 0.3) is 0 Å². The quantitative estimate of drug-likeness (QED) is 0.739. The summed E-state index contributed by atoms with van der Waals surface area (Å²) in [5.41, 5.74) is 0.808. The van der Waals surface area contributed by atoms with E-state index in [9.17, 15) is 9.59 Å². The van der Waals surface area contributed by atoms with Gasteiger partial charge in [-0.2, -0.15) is 0 Å². The summed E-state index contributed by atoms with van der Waals surface area (Å²) in [5.74, 6) is 0.431.